The minimum absolute atomic E-state index is 0.106. The molecule has 0 spiro atoms. The van der Waals surface area contributed by atoms with Crippen LogP contribution in [0, 0.1) is 5.82 Å². The average Bonchev–Trinajstić information content (AvgIpc) is 3.26. The number of alkyl halides is 3. The third-order valence-corrected chi connectivity index (χ3v) is 6.61. The zero-order chi connectivity index (χ0) is 30.0. The van der Waals surface area contributed by atoms with Crippen LogP contribution in [0.4, 0.5) is 45.2 Å². The van der Waals surface area contributed by atoms with Crippen molar-refractivity contribution in [3.8, 4) is 11.1 Å². The van der Waals surface area contributed by atoms with E-state index < -0.39 is 18.1 Å². The molecule has 0 radical (unpaired) electrons. The zero-order valence-electron chi connectivity index (χ0n) is 22.3. The number of fused-ring (bicyclic) bond motifs is 1. The quantitative estimate of drug-likeness (QED) is 0.139. The topological polar surface area (TPSA) is 139 Å². The van der Waals surface area contributed by atoms with Crippen molar-refractivity contribution >= 4 is 40.2 Å². The largest absolute Gasteiger partial charge is 0.482 e. The standard InChI is InChI=1S/C27H26F4N8O3/c1-15(40)22-21(13-38-8-10-42-11-9-38)39-24(25(32)33-14-34-39)23(22)16-2-7-20(19(28)12-16)36-26(41)35-17-3-5-18(6-4-17)37-27(29,30)31/h2-7,12,14,37H,8-11,13H2,1H3,(H2,32,33,34)(H2,35,36,41). The van der Waals surface area contributed by atoms with Crippen molar-refractivity contribution < 1.29 is 31.9 Å². The van der Waals surface area contributed by atoms with Crippen LogP contribution >= 0.6 is 0 Å². The number of benzene rings is 2. The predicted octanol–water partition coefficient (Wildman–Crippen LogP) is 4.73. The molecule has 2 aromatic carbocycles. The number of ketones is 1. The number of hydrogen-bond donors (Lipinski definition) is 4. The molecule has 1 aliphatic rings. The van der Waals surface area contributed by atoms with Gasteiger partial charge in [-0.3, -0.25) is 15.0 Å². The van der Waals surface area contributed by atoms with E-state index in [1.54, 1.807) is 4.52 Å². The molecule has 15 heteroatoms. The Labute approximate surface area is 236 Å². The molecule has 1 fully saturated rings. The van der Waals surface area contributed by atoms with Crippen molar-refractivity contribution in [1.29, 1.82) is 0 Å². The maximum Gasteiger partial charge on any atom is 0.482 e. The number of halogens is 4. The lowest BCUT2D eigenvalue weighted by atomic mass is 9.98. The van der Waals surface area contributed by atoms with E-state index in [1.807, 2.05) is 0 Å². The number of aromatic nitrogens is 3. The van der Waals surface area contributed by atoms with Gasteiger partial charge in [0.25, 0.3) is 0 Å². The second kappa shape index (κ2) is 11.6. The summed E-state index contributed by atoms with van der Waals surface area (Å²) < 4.78 is 59.7. The van der Waals surface area contributed by atoms with Crippen LogP contribution in [-0.4, -0.2) is 63.9 Å². The molecule has 5 rings (SSSR count). The molecule has 0 atom stereocenters. The first kappa shape index (κ1) is 28.8. The highest BCUT2D eigenvalue weighted by atomic mass is 19.4. The minimum atomic E-state index is -4.60. The van der Waals surface area contributed by atoms with Crippen LogP contribution in [0.3, 0.4) is 0 Å². The van der Waals surface area contributed by atoms with Crippen LogP contribution in [0.5, 0.6) is 0 Å². The van der Waals surface area contributed by atoms with E-state index in [1.165, 1.54) is 48.9 Å². The normalized spacial score (nSPS) is 14.1. The second-order valence-corrected chi connectivity index (χ2v) is 9.52. The molecule has 0 unspecified atom stereocenters. The SMILES string of the molecule is CC(=O)c1c(-c2ccc(NC(=O)Nc3ccc(NC(F)(F)F)cc3)c(F)c2)c2c(N)ncnn2c1CN1CCOCC1. The summed E-state index contributed by atoms with van der Waals surface area (Å²) in [6, 6.07) is 8.00. The third-order valence-electron chi connectivity index (χ3n) is 6.61. The molecule has 1 aliphatic heterocycles. The van der Waals surface area contributed by atoms with Crippen molar-refractivity contribution in [1.82, 2.24) is 19.5 Å². The van der Waals surface area contributed by atoms with Crippen molar-refractivity contribution in [2.75, 3.05) is 48.0 Å². The number of ether oxygens (including phenoxy) is 1. The Bertz CT molecular complexity index is 1630. The third kappa shape index (κ3) is 6.26. The van der Waals surface area contributed by atoms with Gasteiger partial charge < -0.3 is 21.1 Å². The van der Waals surface area contributed by atoms with E-state index in [9.17, 15) is 22.8 Å². The predicted molar refractivity (Wildman–Crippen MR) is 148 cm³/mol. The molecule has 0 saturated carbocycles. The Morgan fingerprint density at radius 3 is 2.38 bits per heavy atom. The van der Waals surface area contributed by atoms with E-state index in [4.69, 9.17) is 10.5 Å². The van der Waals surface area contributed by atoms with Crippen LogP contribution in [0.1, 0.15) is 23.0 Å². The number of urea groups is 1. The summed E-state index contributed by atoms with van der Waals surface area (Å²) in [5.74, 6) is -0.961. The molecule has 0 aliphatic carbocycles. The molecular weight excluding hydrogens is 560 g/mol. The van der Waals surface area contributed by atoms with Gasteiger partial charge in [-0.05, 0) is 48.9 Å². The summed E-state index contributed by atoms with van der Waals surface area (Å²) in [4.78, 5) is 31.7. The van der Waals surface area contributed by atoms with E-state index >= 15 is 4.39 Å². The van der Waals surface area contributed by atoms with E-state index in [2.05, 4.69) is 25.6 Å². The minimum Gasteiger partial charge on any atom is -0.382 e. The van der Waals surface area contributed by atoms with Gasteiger partial charge in [0.1, 0.15) is 17.7 Å². The highest BCUT2D eigenvalue weighted by molar-refractivity contribution is 6.08. The van der Waals surface area contributed by atoms with Crippen molar-refractivity contribution in [3.63, 3.8) is 0 Å². The van der Waals surface area contributed by atoms with E-state index in [0.29, 0.717) is 60.7 Å². The second-order valence-electron chi connectivity index (χ2n) is 9.52. The Balaban J connectivity index is 1.42. The van der Waals surface area contributed by atoms with E-state index in [0.717, 1.165) is 12.1 Å². The van der Waals surface area contributed by atoms with Gasteiger partial charge >= 0.3 is 12.3 Å². The summed E-state index contributed by atoms with van der Waals surface area (Å²) >= 11 is 0. The highest BCUT2D eigenvalue weighted by Gasteiger charge is 2.28. The van der Waals surface area contributed by atoms with Gasteiger partial charge in [-0.25, -0.2) is 18.7 Å². The molecule has 220 valence electrons. The molecular formula is C27H26F4N8O3. The summed E-state index contributed by atoms with van der Waals surface area (Å²) in [5, 5.41) is 10.5. The molecule has 3 heterocycles. The number of morpholine rings is 1. The van der Waals surface area contributed by atoms with Gasteiger partial charge in [-0.1, -0.05) is 6.07 Å². The van der Waals surface area contributed by atoms with Crippen LogP contribution < -0.4 is 21.7 Å². The van der Waals surface area contributed by atoms with Gasteiger partial charge in [0.15, 0.2) is 11.6 Å². The molecule has 2 amide bonds. The smallest absolute Gasteiger partial charge is 0.382 e. The molecule has 11 nitrogen and oxygen atoms in total. The fourth-order valence-electron chi connectivity index (χ4n) is 4.81. The number of rotatable bonds is 7. The first-order valence-corrected chi connectivity index (χ1v) is 12.8. The number of hydrogen-bond acceptors (Lipinski definition) is 8. The molecule has 42 heavy (non-hydrogen) atoms. The van der Waals surface area contributed by atoms with Gasteiger partial charge in [0.05, 0.1) is 30.2 Å². The molecule has 4 aromatic rings. The van der Waals surface area contributed by atoms with E-state index in [-0.39, 0.29) is 28.7 Å². The maximum absolute atomic E-state index is 15.3. The fraction of sp³-hybridized carbons (Fsp3) is 0.259. The van der Waals surface area contributed by atoms with Gasteiger partial charge in [0.2, 0.25) is 0 Å². The van der Waals surface area contributed by atoms with Crippen LogP contribution in [0.2, 0.25) is 0 Å². The number of nitrogens with zero attached hydrogens (tertiary/aromatic N) is 4. The van der Waals surface area contributed by atoms with Gasteiger partial charge in [-0.15, -0.1) is 0 Å². The summed E-state index contributed by atoms with van der Waals surface area (Å²) in [7, 11) is 0. The Kier molecular flexibility index (Phi) is 7.95. The van der Waals surface area contributed by atoms with Crippen molar-refractivity contribution in [2.24, 2.45) is 0 Å². The van der Waals surface area contributed by atoms with Gasteiger partial charge in [-0.2, -0.15) is 18.3 Å². The monoisotopic (exact) mass is 586 g/mol. The Hall–Kier alpha value is -4.76. The van der Waals surface area contributed by atoms with Crippen LogP contribution in [0.25, 0.3) is 16.6 Å². The summed E-state index contributed by atoms with van der Waals surface area (Å²) in [6.45, 7) is 4.21. The average molecular weight is 587 g/mol. The number of carbonyl (C=O) groups is 2. The number of nitrogens with two attached hydrogens (primary N) is 1. The molecule has 2 aromatic heterocycles. The van der Waals surface area contributed by atoms with Crippen LogP contribution in [-0.2, 0) is 11.3 Å². The Morgan fingerprint density at radius 2 is 1.74 bits per heavy atom. The lowest BCUT2D eigenvalue weighted by Crippen LogP contribution is -2.36. The molecule has 1 saturated heterocycles. The zero-order valence-corrected chi connectivity index (χ0v) is 22.3. The molecule has 5 N–H and O–H groups in total. The lowest BCUT2D eigenvalue weighted by molar-refractivity contribution is -0.0999. The molecule has 0 bridgehead atoms. The number of Topliss-reactive ketones (excluding diaryl/α,β-unsaturated/α-hetero) is 1. The maximum atomic E-state index is 15.3. The first-order chi connectivity index (χ1) is 20.0. The number of amides is 2. The van der Waals surface area contributed by atoms with Crippen LogP contribution in [0.15, 0.2) is 48.8 Å². The summed E-state index contributed by atoms with van der Waals surface area (Å²) in [5.41, 5.74) is 7.99. The lowest BCUT2D eigenvalue weighted by Gasteiger charge is -2.26. The fourth-order valence-corrected chi connectivity index (χ4v) is 4.81. The number of nitrogen functional groups attached to an aromatic ring is 1. The number of carbonyl (C=O) groups excluding carboxylic acids is 2. The first-order valence-electron chi connectivity index (χ1n) is 12.8. The number of nitrogens with one attached hydrogen (secondary N) is 3. The van der Waals surface area contributed by atoms with Gasteiger partial charge in [0, 0.05) is 36.6 Å². The van der Waals surface area contributed by atoms with Crippen molar-refractivity contribution in [3.05, 3.63) is 65.9 Å². The Morgan fingerprint density at radius 1 is 1.05 bits per heavy atom. The highest BCUT2D eigenvalue weighted by Crippen LogP contribution is 2.37. The van der Waals surface area contributed by atoms with Crippen molar-refractivity contribution in [2.45, 2.75) is 19.8 Å². The number of anilines is 4. The summed E-state index contributed by atoms with van der Waals surface area (Å²) in [6.07, 6.45) is -3.32.